The van der Waals surface area contributed by atoms with E-state index in [0.29, 0.717) is 44.5 Å². The highest BCUT2D eigenvalue weighted by atomic mass is 79.9. The largest absolute Gasteiger partial charge is 0.506 e. The van der Waals surface area contributed by atoms with Crippen molar-refractivity contribution in [1.29, 1.82) is 0 Å². The van der Waals surface area contributed by atoms with Crippen LogP contribution in [0.15, 0.2) is 42.2 Å². The average Bonchev–Trinajstić information content (AvgIpc) is 2.99. The molecule has 232 valence electrons. The van der Waals surface area contributed by atoms with Crippen molar-refractivity contribution in [2.75, 3.05) is 0 Å². The SMILES string of the molecule is CC1c2cc(c(O)c(Br)c2O)C(C)c2cc(c(O)c(Br)c2O)C(C)c2cc(c(O)c(Br)c2O)C(C)c2cc1c(O)c(Br)c2O. The lowest BCUT2D eigenvalue weighted by atomic mass is 9.80. The van der Waals surface area contributed by atoms with Crippen LogP contribution in [-0.4, -0.2) is 40.9 Å². The zero-order valence-electron chi connectivity index (χ0n) is 23.7. The molecule has 12 heteroatoms. The zero-order chi connectivity index (χ0) is 32.7. The van der Waals surface area contributed by atoms with Gasteiger partial charge in [-0.1, -0.05) is 27.7 Å². The summed E-state index contributed by atoms with van der Waals surface area (Å²) in [6, 6.07) is 6.34. The topological polar surface area (TPSA) is 162 Å². The molecule has 4 aromatic rings. The fourth-order valence-electron chi connectivity index (χ4n) is 5.99. The van der Waals surface area contributed by atoms with E-state index < -0.39 is 23.7 Å². The van der Waals surface area contributed by atoms with Gasteiger partial charge in [0.25, 0.3) is 0 Å². The van der Waals surface area contributed by atoms with Crippen LogP contribution >= 0.6 is 63.7 Å². The third kappa shape index (κ3) is 4.80. The van der Waals surface area contributed by atoms with Crippen molar-refractivity contribution < 1.29 is 40.9 Å². The van der Waals surface area contributed by atoms with Crippen LogP contribution in [0.5, 0.6) is 46.0 Å². The molecule has 8 bridgehead atoms. The maximum absolute atomic E-state index is 11.2. The van der Waals surface area contributed by atoms with Crippen LogP contribution < -0.4 is 0 Å². The number of halogens is 4. The Morgan fingerprint density at radius 3 is 0.545 bits per heavy atom. The lowest BCUT2D eigenvalue weighted by Crippen LogP contribution is -2.08. The molecule has 4 aromatic carbocycles. The smallest absolute Gasteiger partial charge is 0.137 e. The van der Waals surface area contributed by atoms with Crippen LogP contribution in [0.25, 0.3) is 0 Å². The Kier molecular flexibility index (Phi) is 8.54. The number of phenols is 8. The van der Waals surface area contributed by atoms with E-state index >= 15 is 0 Å². The van der Waals surface area contributed by atoms with Crippen molar-refractivity contribution in [3.63, 3.8) is 0 Å². The molecule has 0 saturated heterocycles. The molecular formula is C32H28Br4O8. The summed E-state index contributed by atoms with van der Waals surface area (Å²) in [4.78, 5) is 0. The first kappa shape index (κ1) is 32.6. The molecule has 5 rings (SSSR count). The normalized spacial score (nSPS) is 19.6. The quantitative estimate of drug-likeness (QED) is 0.0868. The number of phenolic OH excluding ortho intramolecular Hbond substituents is 8. The molecule has 0 heterocycles. The minimum atomic E-state index is -0.694. The molecular weight excluding hydrogens is 832 g/mol. The number of hydrogen-bond acceptors (Lipinski definition) is 8. The van der Waals surface area contributed by atoms with Crippen molar-refractivity contribution >= 4 is 63.7 Å². The molecule has 8 N–H and O–H groups in total. The van der Waals surface area contributed by atoms with Crippen LogP contribution in [0, 0.1) is 0 Å². The second kappa shape index (κ2) is 11.5. The van der Waals surface area contributed by atoms with Crippen molar-refractivity contribution in [2.45, 2.75) is 51.4 Å². The van der Waals surface area contributed by atoms with Crippen LogP contribution in [0.2, 0.25) is 0 Å². The van der Waals surface area contributed by atoms with Gasteiger partial charge in [-0.15, -0.1) is 0 Å². The predicted octanol–water partition coefficient (Wildman–Crippen LogP) is 9.30. The van der Waals surface area contributed by atoms with Crippen molar-refractivity contribution in [1.82, 2.24) is 0 Å². The fourth-order valence-corrected chi connectivity index (χ4v) is 7.82. The third-order valence-electron chi connectivity index (χ3n) is 8.83. The van der Waals surface area contributed by atoms with Gasteiger partial charge in [0.05, 0.1) is 0 Å². The Balaban J connectivity index is 1.97. The number of rotatable bonds is 0. The van der Waals surface area contributed by atoms with E-state index in [-0.39, 0.29) is 63.9 Å². The number of aromatic hydroxyl groups is 8. The molecule has 8 nitrogen and oxygen atoms in total. The highest BCUT2D eigenvalue weighted by molar-refractivity contribution is 9.11. The van der Waals surface area contributed by atoms with Gasteiger partial charge < -0.3 is 40.9 Å². The summed E-state index contributed by atoms with van der Waals surface area (Å²) in [5.41, 5.74) is 2.66. The monoisotopic (exact) mass is 856 g/mol. The first-order valence-electron chi connectivity index (χ1n) is 13.5. The van der Waals surface area contributed by atoms with Gasteiger partial charge in [-0.2, -0.15) is 0 Å². The highest BCUT2D eigenvalue weighted by Gasteiger charge is 2.33. The van der Waals surface area contributed by atoms with Gasteiger partial charge in [0.1, 0.15) is 63.9 Å². The second-order valence-electron chi connectivity index (χ2n) is 11.2. The maximum atomic E-state index is 11.2. The van der Waals surface area contributed by atoms with Gasteiger partial charge in [-0.05, 0) is 88.0 Å². The molecule has 1 aliphatic carbocycles. The van der Waals surface area contributed by atoms with Crippen LogP contribution in [0.3, 0.4) is 0 Å². The summed E-state index contributed by atoms with van der Waals surface area (Å²) in [6.45, 7) is 6.96. The fraction of sp³-hybridized carbons (Fsp3) is 0.250. The first-order valence-corrected chi connectivity index (χ1v) is 16.6. The summed E-state index contributed by atoms with van der Waals surface area (Å²) in [7, 11) is 0. The van der Waals surface area contributed by atoms with Crippen molar-refractivity contribution in [3.8, 4) is 46.0 Å². The molecule has 0 atom stereocenters. The minimum Gasteiger partial charge on any atom is -0.506 e. The molecule has 0 unspecified atom stereocenters. The van der Waals surface area contributed by atoms with Crippen LogP contribution in [-0.2, 0) is 0 Å². The number of fused-ring (bicyclic) bond motifs is 8. The van der Waals surface area contributed by atoms with E-state index in [9.17, 15) is 40.9 Å². The van der Waals surface area contributed by atoms with Gasteiger partial charge in [-0.3, -0.25) is 0 Å². The Morgan fingerprint density at radius 1 is 0.318 bits per heavy atom. The lowest BCUT2D eigenvalue weighted by Gasteiger charge is -2.27. The van der Waals surface area contributed by atoms with Crippen LogP contribution in [0.4, 0.5) is 0 Å². The predicted molar refractivity (Wildman–Crippen MR) is 180 cm³/mol. The molecule has 44 heavy (non-hydrogen) atoms. The summed E-state index contributed by atoms with van der Waals surface area (Å²) >= 11 is 13.2. The Morgan fingerprint density at radius 2 is 0.432 bits per heavy atom. The maximum Gasteiger partial charge on any atom is 0.137 e. The third-order valence-corrected chi connectivity index (χ3v) is 11.8. The van der Waals surface area contributed by atoms with Crippen LogP contribution in [0.1, 0.15) is 95.9 Å². The Bertz CT molecular complexity index is 1490. The summed E-state index contributed by atoms with van der Waals surface area (Å²) < 4.78 is 0.0420. The zero-order valence-corrected chi connectivity index (χ0v) is 30.1. The first-order chi connectivity index (χ1) is 20.5. The summed E-state index contributed by atoms with van der Waals surface area (Å²) in [5.74, 6) is -4.89. The molecule has 0 radical (unpaired) electrons. The molecule has 0 amide bonds. The van der Waals surface area contributed by atoms with Gasteiger partial charge >= 0.3 is 0 Å². The Hall–Kier alpha value is -2.80. The van der Waals surface area contributed by atoms with E-state index in [1.54, 1.807) is 52.0 Å². The van der Waals surface area contributed by atoms with Gasteiger partial charge in [-0.25, -0.2) is 0 Å². The average molecular weight is 860 g/mol. The molecule has 0 fully saturated rings. The number of hydrogen-bond donors (Lipinski definition) is 8. The van der Waals surface area contributed by atoms with Gasteiger partial charge in [0, 0.05) is 68.2 Å². The molecule has 0 spiro atoms. The Labute approximate surface area is 286 Å². The lowest BCUT2D eigenvalue weighted by molar-refractivity contribution is 0.423. The van der Waals surface area contributed by atoms with E-state index in [1.807, 2.05) is 0 Å². The van der Waals surface area contributed by atoms with Crippen molar-refractivity contribution in [3.05, 3.63) is 86.7 Å². The van der Waals surface area contributed by atoms with Gasteiger partial charge in [0.2, 0.25) is 0 Å². The second-order valence-corrected chi connectivity index (χ2v) is 14.3. The van der Waals surface area contributed by atoms with E-state index in [0.717, 1.165) is 0 Å². The minimum absolute atomic E-state index is 0.0105. The molecule has 1 aliphatic rings. The van der Waals surface area contributed by atoms with E-state index in [4.69, 9.17) is 0 Å². The standard InChI is InChI=1S/C32H28Br4O8/c1-9-13-5-15(27(39)21(33)25(13)37)10(2)17-7-19(31(43)23(35)29(17)41)12(4)20-8-18(30(42)24(36)32(20)44)11(3)16-6-14(9)26(38)22(34)28(16)40/h5-12,37-44H,1-4H3. The molecule has 0 saturated carbocycles. The highest BCUT2D eigenvalue weighted by Crippen LogP contribution is 2.55. The van der Waals surface area contributed by atoms with Gasteiger partial charge in [0.15, 0.2) is 0 Å². The molecule has 0 aliphatic heterocycles. The molecule has 0 aromatic heterocycles. The van der Waals surface area contributed by atoms with Crippen molar-refractivity contribution in [2.24, 2.45) is 0 Å². The van der Waals surface area contributed by atoms with E-state index in [1.165, 1.54) is 0 Å². The van der Waals surface area contributed by atoms with E-state index in [2.05, 4.69) is 63.7 Å². The number of benzene rings is 4. The summed E-state index contributed by atoms with van der Waals surface area (Å²) in [5, 5.41) is 89.4. The summed E-state index contributed by atoms with van der Waals surface area (Å²) in [6.07, 6.45) is 0.